The molecule has 2 rings (SSSR count). The molecule has 0 aromatic carbocycles. The Bertz CT molecular complexity index is 544. The lowest BCUT2D eigenvalue weighted by molar-refractivity contribution is -0.119. The molecule has 0 radical (unpaired) electrons. The van der Waals surface area contributed by atoms with Crippen molar-refractivity contribution in [3.8, 4) is 0 Å². The van der Waals surface area contributed by atoms with Crippen molar-refractivity contribution >= 4 is 17.6 Å². The number of fused-ring (bicyclic) bond motifs is 1. The summed E-state index contributed by atoms with van der Waals surface area (Å²) >= 11 is 0. The smallest absolute Gasteiger partial charge is 0.356 e. The normalized spacial score (nSPS) is 21.3. The molecule has 0 aliphatic carbocycles. The highest BCUT2D eigenvalue weighted by atomic mass is 16.5. The number of ether oxygens (including phenoxy) is 1. The molecule has 0 spiro atoms. The molecule has 0 fully saturated rings. The zero-order chi connectivity index (χ0) is 14.9. The standard InChI is InChI=1S/C14H18N2O4/c1-4-20-14(19)11-6-10-5-8(2)13(18)16(9(3)17)12(10)7-15-11/h6-8,13,18H,4-5H2,1-3H3. The lowest BCUT2D eigenvalue weighted by Crippen LogP contribution is -2.47. The van der Waals surface area contributed by atoms with Crippen molar-refractivity contribution < 1.29 is 19.4 Å². The molecule has 20 heavy (non-hydrogen) atoms. The van der Waals surface area contributed by atoms with Gasteiger partial charge in [0.25, 0.3) is 0 Å². The summed E-state index contributed by atoms with van der Waals surface area (Å²) < 4.78 is 4.91. The number of amides is 1. The summed E-state index contributed by atoms with van der Waals surface area (Å²) in [4.78, 5) is 28.7. The summed E-state index contributed by atoms with van der Waals surface area (Å²) in [5.74, 6) is -0.844. The van der Waals surface area contributed by atoms with Crippen molar-refractivity contribution in [2.24, 2.45) is 5.92 Å². The fourth-order valence-corrected chi connectivity index (χ4v) is 2.39. The lowest BCUT2D eigenvalue weighted by Gasteiger charge is -2.37. The van der Waals surface area contributed by atoms with E-state index in [1.165, 1.54) is 18.0 Å². The largest absolute Gasteiger partial charge is 0.461 e. The number of pyridine rings is 1. The Morgan fingerprint density at radius 1 is 1.55 bits per heavy atom. The van der Waals surface area contributed by atoms with E-state index in [0.717, 1.165) is 5.56 Å². The maximum Gasteiger partial charge on any atom is 0.356 e. The first kappa shape index (κ1) is 14.5. The van der Waals surface area contributed by atoms with Crippen LogP contribution in [-0.2, 0) is 16.0 Å². The van der Waals surface area contributed by atoms with Crippen LogP contribution in [0.15, 0.2) is 12.3 Å². The lowest BCUT2D eigenvalue weighted by atomic mass is 9.92. The van der Waals surface area contributed by atoms with Gasteiger partial charge in [0.05, 0.1) is 18.5 Å². The number of nitrogens with zero attached hydrogens (tertiary/aromatic N) is 2. The van der Waals surface area contributed by atoms with Gasteiger partial charge in [-0.2, -0.15) is 0 Å². The Morgan fingerprint density at radius 3 is 2.85 bits per heavy atom. The molecule has 1 aromatic rings. The highest BCUT2D eigenvalue weighted by molar-refractivity contribution is 5.94. The van der Waals surface area contributed by atoms with Gasteiger partial charge in [0.1, 0.15) is 11.9 Å². The first-order valence-corrected chi connectivity index (χ1v) is 6.59. The Kier molecular flexibility index (Phi) is 4.04. The van der Waals surface area contributed by atoms with Crippen LogP contribution < -0.4 is 4.90 Å². The van der Waals surface area contributed by atoms with Crippen LogP contribution in [0.1, 0.15) is 36.8 Å². The van der Waals surface area contributed by atoms with E-state index in [0.29, 0.717) is 12.1 Å². The minimum Gasteiger partial charge on any atom is -0.461 e. The first-order chi connectivity index (χ1) is 9.45. The van der Waals surface area contributed by atoms with Crippen molar-refractivity contribution in [2.45, 2.75) is 33.4 Å². The van der Waals surface area contributed by atoms with Crippen LogP contribution in [-0.4, -0.2) is 34.8 Å². The van der Waals surface area contributed by atoms with E-state index < -0.39 is 12.2 Å². The van der Waals surface area contributed by atoms with Crippen LogP contribution in [0.25, 0.3) is 0 Å². The number of hydrogen-bond acceptors (Lipinski definition) is 5. The van der Waals surface area contributed by atoms with Gasteiger partial charge in [-0.1, -0.05) is 6.92 Å². The number of carbonyl (C=O) groups excluding carboxylic acids is 2. The number of carbonyl (C=O) groups is 2. The molecule has 2 heterocycles. The quantitative estimate of drug-likeness (QED) is 0.820. The number of esters is 1. The molecule has 1 N–H and O–H groups in total. The number of anilines is 1. The fraction of sp³-hybridized carbons (Fsp3) is 0.500. The number of aliphatic hydroxyl groups excluding tert-OH is 1. The summed E-state index contributed by atoms with van der Waals surface area (Å²) in [6.45, 7) is 5.26. The van der Waals surface area contributed by atoms with Crippen LogP contribution in [0.5, 0.6) is 0 Å². The minimum atomic E-state index is -0.866. The summed E-state index contributed by atoms with van der Waals surface area (Å²) in [6.07, 6.45) is 1.16. The third-order valence-corrected chi connectivity index (χ3v) is 3.36. The van der Waals surface area contributed by atoms with E-state index in [1.54, 1.807) is 13.0 Å². The number of aliphatic hydroxyl groups is 1. The summed E-state index contributed by atoms with van der Waals surface area (Å²) in [5, 5.41) is 10.1. The van der Waals surface area contributed by atoms with Crippen LogP contribution in [0, 0.1) is 5.92 Å². The zero-order valence-electron chi connectivity index (χ0n) is 11.8. The van der Waals surface area contributed by atoms with Crippen LogP contribution in [0.4, 0.5) is 5.69 Å². The van der Waals surface area contributed by atoms with Crippen LogP contribution in [0.2, 0.25) is 0 Å². The fourth-order valence-electron chi connectivity index (χ4n) is 2.39. The Labute approximate surface area is 117 Å². The van der Waals surface area contributed by atoms with Gasteiger partial charge in [0.15, 0.2) is 0 Å². The molecule has 6 heteroatoms. The average Bonchev–Trinajstić information content (AvgIpc) is 2.39. The molecule has 0 bridgehead atoms. The number of rotatable bonds is 2. The van der Waals surface area contributed by atoms with Gasteiger partial charge in [-0.15, -0.1) is 0 Å². The van der Waals surface area contributed by atoms with Gasteiger partial charge in [-0.25, -0.2) is 9.78 Å². The highest BCUT2D eigenvalue weighted by Gasteiger charge is 2.33. The van der Waals surface area contributed by atoms with Gasteiger partial charge >= 0.3 is 5.97 Å². The molecule has 1 amide bonds. The number of hydrogen-bond donors (Lipinski definition) is 1. The Balaban J connectivity index is 2.41. The van der Waals surface area contributed by atoms with Gasteiger partial charge in [0.2, 0.25) is 5.91 Å². The van der Waals surface area contributed by atoms with Crippen molar-refractivity contribution in [2.75, 3.05) is 11.5 Å². The second kappa shape index (κ2) is 5.58. The molecule has 1 aliphatic rings. The highest BCUT2D eigenvalue weighted by Crippen LogP contribution is 2.32. The van der Waals surface area contributed by atoms with Gasteiger partial charge in [0, 0.05) is 12.8 Å². The average molecular weight is 278 g/mol. The van der Waals surface area contributed by atoms with E-state index in [9.17, 15) is 14.7 Å². The minimum absolute atomic E-state index is 0.108. The number of aromatic nitrogens is 1. The van der Waals surface area contributed by atoms with E-state index in [4.69, 9.17) is 4.74 Å². The van der Waals surface area contributed by atoms with Gasteiger partial charge < -0.3 is 9.84 Å². The van der Waals surface area contributed by atoms with E-state index in [-0.39, 0.29) is 24.1 Å². The van der Waals surface area contributed by atoms with E-state index >= 15 is 0 Å². The third-order valence-electron chi connectivity index (χ3n) is 3.36. The van der Waals surface area contributed by atoms with Crippen molar-refractivity contribution in [1.82, 2.24) is 4.98 Å². The monoisotopic (exact) mass is 278 g/mol. The Morgan fingerprint density at radius 2 is 2.25 bits per heavy atom. The first-order valence-electron chi connectivity index (χ1n) is 6.59. The third kappa shape index (κ3) is 2.51. The molecular weight excluding hydrogens is 260 g/mol. The molecule has 1 aliphatic heterocycles. The van der Waals surface area contributed by atoms with E-state index in [2.05, 4.69) is 4.98 Å². The molecule has 0 saturated carbocycles. The summed E-state index contributed by atoms with van der Waals surface area (Å²) in [7, 11) is 0. The molecule has 6 nitrogen and oxygen atoms in total. The molecule has 0 saturated heterocycles. The molecule has 2 unspecified atom stereocenters. The molecule has 1 aromatic heterocycles. The van der Waals surface area contributed by atoms with Crippen LogP contribution in [0.3, 0.4) is 0 Å². The summed E-state index contributed by atoms with van der Waals surface area (Å²) in [6, 6.07) is 1.63. The van der Waals surface area contributed by atoms with E-state index in [1.807, 2.05) is 6.92 Å². The summed E-state index contributed by atoms with van der Waals surface area (Å²) in [5.41, 5.74) is 1.59. The Hall–Kier alpha value is -1.95. The predicted octanol–water partition coefficient (Wildman–Crippen LogP) is 1.12. The molecular formula is C14H18N2O4. The second-order valence-corrected chi connectivity index (χ2v) is 4.90. The van der Waals surface area contributed by atoms with Gasteiger partial charge in [-0.3, -0.25) is 9.69 Å². The maximum atomic E-state index is 11.7. The topological polar surface area (TPSA) is 79.7 Å². The second-order valence-electron chi connectivity index (χ2n) is 4.90. The van der Waals surface area contributed by atoms with Crippen molar-refractivity contribution in [1.29, 1.82) is 0 Å². The molecule has 108 valence electrons. The van der Waals surface area contributed by atoms with Gasteiger partial charge in [-0.05, 0) is 25.0 Å². The molecule has 2 atom stereocenters. The zero-order valence-corrected chi connectivity index (χ0v) is 11.8. The van der Waals surface area contributed by atoms with Crippen LogP contribution >= 0.6 is 0 Å². The van der Waals surface area contributed by atoms with Crippen molar-refractivity contribution in [3.05, 3.63) is 23.5 Å². The SMILES string of the molecule is CCOC(=O)c1cc2c(cn1)N(C(C)=O)C(O)C(C)C2. The predicted molar refractivity (Wildman–Crippen MR) is 72.2 cm³/mol. The van der Waals surface area contributed by atoms with Crippen molar-refractivity contribution in [3.63, 3.8) is 0 Å². The maximum absolute atomic E-state index is 11.7.